The number of para-hydroxylation sites is 1. The van der Waals surface area contributed by atoms with Gasteiger partial charge < -0.3 is 5.32 Å². The summed E-state index contributed by atoms with van der Waals surface area (Å²) in [5, 5.41) is 3.31. The number of aromatic nitrogens is 2. The van der Waals surface area contributed by atoms with Crippen LogP contribution in [0.4, 0.5) is 11.5 Å². The smallest absolute Gasteiger partial charge is 0.268 e. The molecule has 5 nitrogen and oxygen atoms in total. The monoisotopic (exact) mass is 368 g/mol. The summed E-state index contributed by atoms with van der Waals surface area (Å²) in [6.45, 7) is 2.52. The molecule has 2 aromatic carbocycles. The van der Waals surface area contributed by atoms with Crippen LogP contribution in [0, 0.1) is 6.92 Å². The van der Waals surface area contributed by atoms with Gasteiger partial charge in [0, 0.05) is 19.0 Å². The van der Waals surface area contributed by atoms with E-state index in [1.54, 1.807) is 16.8 Å². The Hall–Kier alpha value is -3.73. The number of nitrogens with zero attached hydrogens (tertiary/aromatic N) is 3. The molecule has 28 heavy (non-hydrogen) atoms. The van der Waals surface area contributed by atoms with Crippen molar-refractivity contribution < 1.29 is 0 Å². The predicted molar refractivity (Wildman–Crippen MR) is 114 cm³/mol. The van der Waals surface area contributed by atoms with E-state index in [4.69, 9.17) is 4.98 Å². The highest BCUT2D eigenvalue weighted by Crippen LogP contribution is 2.15. The number of aliphatic imine (C=N–C) groups is 1. The molecule has 138 valence electrons. The maximum atomic E-state index is 13.1. The molecular weight excluding hydrogens is 348 g/mol. The number of rotatable bonds is 5. The van der Waals surface area contributed by atoms with Crippen LogP contribution in [-0.2, 0) is 6.54 Å². The summed E-state index contributed by atoms with van der Waals surface area (Å²) in [6.07, 6.45) is 3.32. The number of anilines is 1. The van der Waals surface area contributed by atoms with Crippen LogP contribution in [0.15, 0.2) is 88.8 Å². The zero-order valence-corrected chi connectivity index (χ0v) is 15.5. The van der Waals surface area contributed by atoms with Gasteiger partial charge in [0.15, 0.2) is 0 Å². The van der Waals surface area contributed by atoms with Gasteiger partial charge in [-0.05, 0) is 36.2 Å². The van der Waals surface area contributed by atoms with Crippen molar-refractivity contribution in [2.75, 3.05) is 5.32 Å². The van der Waals surface area contributed by atoms with Crippen LogP contribution in [0.25, 0.3) is 5.65 Å². The van der Waals surface area contributed by atoms with E-state index in [2.05, 4.69) is 10.3 Å². The van der Waals surface area contributed by atoms with Crippen LogP contribution in [-0.4, -0.2) is 15.6 Å². The molecule has 0 bridgehead atoms. The topological polar surface area (TPSA) is 58.8 Å². The molecule has 0 unspecified atom stereocenters. The van der Waals surface area contributed by atoms with Gasteiger partial charge in [-0.1, -0.05) is 54.6 Å². The summed E-state index contributed by atoms with van der Waals surface area (Å²) in [5.41, 5.74) is 3.76. The Morgan fingerprint density at radius 2 is 1.71 bits per heavy atom. The Kier molecular flexibility index (Phi) is 4.97. The number of hydrogen-bond donors (Lipinski definition) is 1. The van der Waals surface area contributed by atoms with Gasteiger partial charge in [-0.25, -0.2) is 4.98 Å². The first-order valence-electron chi connectivity index (χ1n) is 9.11. The van der Waals surface area contributed by atoms with Gasteiger partial charge >= 0.3 is 0 Å². The zero-order chi connectivity index (χ0) is 19.3. The Morgan fingerprint density at radius 3 is 2.46 bits per heavy atom. The molecule has 0 aliphatic heterocycles. The van der Waals surface area contributed by atoms with Gasteiger partial charge in [0.2, 0.25) is 0 Å². The lowest BCUT2D eigenvalue weighted by Crippen LogP contribution is -2.23. The van der Waals surface area contributed by atoms with Gasteiger partial charge in [-0.15, -0.1) is 0 Å². The predicted octanol–water partition coefficient (Wildman–Crippen LogP) is 4.37. The van der Waals surface area contributed by atoms with Crippen molar-refractivity contribution in [1.82, 2.24) is 9.38 Å². The number of hydrogen-bond acceptors (Lipinski definition) is 4. The Balaban J connectivity index is 1.79. The van der Waals surface area contributed by atoms with Gasteiger partial charge in [-0.2, -0.15) is 0 Å². The lowest BCUT2D eigenvalue weighted by Gasteiger charge is -2.11. The second kappa shape index (κ2) is 7.88. The summed E-state index contributed by atoms with van der Waals surface area (Å²) in [7, 11) is 0. The fourth-order valence-electron chi connectivity index (χ4n) is 3.00. The minimum Gasteiger partial charge on any atom is -0.365 e. The quantitative estimate of drug-likeness (QED) is 0.532. The summed E-state index contributed by atoms with van der Waals surface area (Å²) >= 11 is 0. The number of aryl methyl sites for hydroxylation is 1. The molecule has 4 rings (SSSR count). The first kappa shape index (κ1) is 17.7. The first-order valence-corrected chi connectivity index (χ1v) is 9.11. The number of benzene rings is 2. The molecule has 0 aliphatic rings. The third-order valence-electron chi connectivity index (χ3n) is 4.49. The molecule has 1 N–H and O–H groups in total. The fourth-order valence-corrected chi connectivity index (χ4v) is 3.00. The molecule has 0 atom stereocenters. The highest BCUT2D eigenvalue weighted by Gasteiger charge is 2.12. The lowest BCUT2D eigenvalue weighted by atomic mass is 10.2. The molecule has 0 saturated carbocycles. The molecule has 0 aliphatic carbocycles. The second-order valence-electron chi connectivity index (χ2n) is 6.50. The average molecular weight is 368 g/mol. The van der Waals surface area contributed by atoms with E-state index >= 15 is 0 Å². The van der Waals surface area contributed by atoms with Crippen LogP contribution in [0.2, 0.25) is 0 Å². The standard InChI is InChI=1S/C23H20N4O/c1-17-9-8-14-27-22(17)26-21(25-15-18-10-4-2-5-11-18)20(23(27)28)16-24-19-12-6-3-7-13-19/h2-14,16,25H,15H2,1H3. The van der Waals surface area contributed by atoms with E-state index in [0.29, 0.717) is 23.6 Å². The van der Waals surface area contributed by atoms with Crippen LogP contribution < -0.4 is 10.9 Å². The zero-order valence-electron chi connectivity index (χ0n) is 15.5. The molecule has 0 fully saturated rings. The van der Waals surface area contributed by atoms with Gasteiger partial charge in [0.25, 0.3) is 5.56 Å². The molecule has 0 radical (unpaired) electrons. The van der Waals surface area contributed by atoms with E-state index in [0.717, 1.165) is 16.8 Å². The first-order chi connectivity index (χ1) is 13.7. The van der Waals surface area contributed by atoms with Crippen LogP contribution in [0.5, 0.6) is 0 Å². The number of pyridine rings is 1. The fraction of sp³-hybridized carbons (Fsp3) is 0.0870. The minimum atomic E-state index is -0.149. The summed E-state index contributed by atoms with van der Waals surface area (Å²) in [4.78, 5) is 22.3. The molecule has 0 spiro atoms. The normalized spacial score (nSPS) is 11.2. The molecule has 0 saturated heterocycles. The van der Waals surface area contributed by atoms with Gasteiger partial charge in [-0.3, -0.25) is 14.2 Å². The van der Waals surface area contributed by atoms with Crippen molar-refractivity contribution in [1.29, 1.82) is 0 Å². The van der Waals surface area contributed by atoms with E-state index in [9.17, 15) is 4.79 Å². The second-order valence-corrected chi connectivity index (χ2v) is 6.50. The maximum Gasteiger partial charge on any atom is 0.268 e. The molecular formula is C23H20N4O. The Morgan fingerprint density at radius 1 is 1.00 bits per heavy atom. The van der Waals surface area contributed by atoms with Crippen molar-refractivity contribution in [3.8, 4) is 0 Å². The van der Waals surface area contributed by atoms with Crippen LogP contribution in [0.1, 0.15) is 16.7 Å². The van der Waals surface area contributed by atoms with Crippen molar-refractivity contribution in [2.24, 2.45) is 4.99 Å². The van der Waals surface area contributed by atoms with E-state index in [1.165, 1.54) is 0 Å². The summed E-state index contributed by atoms with van der Waals surface area (Å²) in [6, 6.07) is 23.4. The van der Waals surface area contributed by atoms with Crippen LogP contribution in [0.3, 0.4) is 0 Å². The molecule has 0 amide bonds. The number of fused-ring (bicyclic) bond motifs is 1. The summed E-state index contributed by atoms with van der Waals surface area (Å²) < 4.78 is 1.56. The highest BCUT2D eigenvalue weighted by molar-refractivity contribution is 5.88. The maximum absolute atomic E-state index is 13.1. The average Bonchev–Trinajstić information content (AvgIpc) is 2.74. The highest BCUT2D eigenvalue weighted by atomic mass is 16.1. The van der Waals surface area contributed by atoms with E-state index < -0.39 is 0 Å². The third-order valence-corrected chi connectivity index (χ3v) is 4.49. The lowest BCUT2D eigenvalue weighted by molar-refractivity contribution is 1.01. The van der Waals surface area contributed by atoms with E-state index in [-0.39, 0.29) is 5.56 Å². The molecule has 4 aromatic rings. The van der Waals surface area contributed by atoms with Crippen molar-refractivity contribution >= 4 is 23.4 Å². The number of nitrogens with one attached hydrogen (secondary N) is 1. The summed E-state index contributed by atoms with van der Waals surface area (Å²) in [5.74, 6) is 0.530. The van der Waals surface area contributed by atoms with Gasteiger partial charge in [0.1, 0.15) is 17.0 Å². The minimum absolute atomic E-state index is 0.149. The molecule has 2 heterocycles. The van der Waals surface area contributed by atoms with Crippen molar-refractivity contribution in [2.45, 2.75) is 13.5 Å². The SMILES string of the molecule is Cc1cccn2c(=O)c(C=Nc3ccccc3)c(NCc3ccccc3)nc12. The van der Waals surface area contributed by atoms with Crippen LogP contribution >= 0.6 is 0 Å². The third kappa shape index (κ3) is 3.69. The van der Waals surface area contributed by atoms with Gasteiger partial charge in [0.05, 0.1) is 5.69 Å². The largest absolute Gasteiger partial charge is 0.365 e. The van der Waals surface area contributed by atoms with E-state index in [1.807, 2.05) is 79.7 Å². The Labute approximate surface area is 163 Å². The Bertz CT molecular complexity index is 1180. The molecule has 5 heteroatoms. The van der Waals surface area contributed by atoms with Crippen molar-refractivity contribution in [3.63, 3.8) is 0 Å². The van der Waals surface area contributed by atoms with Crippen molar-refractivity contribution in [3.05, 3.63) is 106 Å². The molecule has 2 aromatic heterocycles.